The number of hydrogen-bond acceptors (Lipinski definition) is 6. The largest absolute Gasteiger partial charge is 0.476 e. The number of carbonyl (C=O) groups is 2. The Hall–Kier alpha value is -3.05. The molecule has 9 nitrogen and oxygen atoms in total. The molecule has 2 aromatic heterocycles. The molecule has 0 aliphatic rings. The van der Waals surface area contributed by atoms with E-state index in [0.29, 0.717) is 0 Å². The van der Waals surface area contributed by atoms with Crippen LogP contribution in [0.5, 0.6) is 0 Å². The first-order valence-corrected chi connectivity index (χ1v) is 5.14. The van der Waals surface area contributed by atoms with Gasteiger partial charge in [-0.3, -0.25) is 15.2 Å². The minimum absolute atomic E-state index is 0.580. The maximum Gasteiger partial charge on any atom is 0.451 e. The molecule has 0 unspecified atom stereocenters. The highest BCUT2D eigenvalue weighted by Gasteiger charge is 2.35. The average molecular weight is 302 g/mol. The van der Waals surface area contributed by atoms with Crippen LogP contribution in [0.15, 0.2) is 12.4 Å². The van der Waals surface area contributed by atoms with Crippen molar-refractivity contribution in [3.63, 3.8) is 0 Å². The van der Waals surface area contributed by atoms with Crippen LogP contribution in [0, 0.1) is 0 Å². The van der Waals surface area contributed by atoms with Gasteiger partial charge in [0, 0.05) is 12.4 Å². The van der Waals surface area contributed by atoms with Crippen LogP contribution < -0.4 is 5.32 Å². The van der Waals surface area contributed by atoms with E-state index in [1.807, 2.05) is 5.32 Å². The monoisotopic (exact) mass is 302 g/mol. The minimum atomic E-state index is -4.76. The van der Waals surface area contributed by atoms with Crippen molar-refractivity contribution in [1.82, 2.24) is 25.1 Å². The Labute approximate surface area is 113 Å². The number of aromatic carboxylic acids is 1. The van der Waals surface area contributed by atoms with Gasteiger partial charge >= 0.3 is 12.1 Å². The summed E-state index contributed by atoms with van der Waals surface area (Å²) in [6.45, 7) is 0. The lowest BCUT2D eigenvalue weighted by molar-refractivity contribution is -0.144. The first-order valence-electron chi connectivity index (χ1n) is 5.14. The Bertz CT molecular complexity index is 698. The van der Waals surface area contributed by atoms with Crippen LogP contribution in [0.25, 0.3) is 0 Å². The van der Waals surface area contributed by atoms with E-state index in [1.165, 1.54) is 0 Å². The number of rotatable bonds is 3. The fourth-order valence-electron chi connectivity index (χ4n) is 1.27. The molecule has 0 fully saturated rings. The molecule has 0 saturated carbocycles. The maximum absolute atomic E-state index is 12.3. The molecular formula is C9H5F3N6O3. The lowest BCUT2D eigenvalue weighted by Gasteiger charge is -2.02. The quantitative estimate of drug-likeness (QED) is 0.754. The van der Waals surface area contributed by atoms with E-state index in [9.17, 15) is 22.8 Å². The van der Waals surface area contributed by atoms with Crippen molar-refractivity contribution in [2.45, 2.75) is 6.18 Å². The second-order valence-electron chi connectivity index (χ2n) is 3.52. The topological polar surface area (TPSA) is 134 Å². The first-order chi connectivity index (χ1) is 9.79. The van der Waals surface area contributed by atoms with Gasteiger partial charge in [-0.25, -0.2) is 14.8 Å². The molecule has 3 N–H and O–H groups in total. The van der Waals surface area contributed by atoms with E-state index in [1.54, 1.807) is 5.10 Å². The number of aromatic amines is 1. The number of nitrogens with one attached hydrogen (secondary N) is 2. The van der Waals surface area contributed by atoms with Gasteiger partial charge in [-0.15, -0.1) is 5.10 Å². The van der Waals surface area contributed by atoms with Crippen molar-refractivity contribution in [3.05, 3.63) is 29.6 Å². The van der Waals surface area contributed by atoms with Gasteiger partial charge in [0.15, 0.2) is 11.4 Å². The third-order valence-electron chi connectivity index (χ3n) is 2.10. The molecule has 0 aliphatic carbocycles. The molecule has 0 atom stereocenters. The molecule has 2 aromatic rings. The third kappa shape index (κ3) is 3.10. The number of aromatic nitrogens is 5. The van der Waals surface area contributed by atoms with Gasteiger partial charge in [0.1, 0.15) is 0 Å². The van der Waals surface area contributed by atoms with E-state index in [-0.39, 0.29) is 0 Å². The summed E-state index contributed by atoms with van der Waals surface area (Å²) in [5.41, 5.74) is -1.23. The second-order valence-corrected chi connectivity index (χ2v) is 3.52. The number of halogens is 3. The van der Waals surface area contributed by atoms with Gasteiger partial charge in [-0.1, -0.05) is 0 Å². The molecule has 0 saturated heterocycles. The number of carboxylic acid groups (broad SMARTS) is 1. The molecule has 0 aromatic carbocycles. The van der Waals surface area contributed by atoms with Crippen molar-refractivity contribution in [2.75, 3.05) is 5.32 Å². The van der Waals surface area contributed by atoms with Gasteiger partial charge < -0.3 is 5.11 Å². The molecule has 0 radical (unpaired) electrons. The summed E-state index contributed by atoms with van der Waals surface area (Å²) in [5, 5.41) is 15.4. The third-order valence-corrected chi connectivity index (χ3v) is 2.10. The molecule has 2 heterocycles. The molecule has 21 heavy (non-hydrogen) atoms. The van der Waals surface area contributed by atoms with Gasteiger partial charge in [0.2, 0.25) is 11.8 Å². The number of carboxylic acids is 1. The maximum atomic E-state index is 12.3. The predicted molar refractivity (Wildman–Crippen MR) is 58.3 cm³/mol. The van der Waals surface area contributed by atoms with Crippen LogP contribution >= 0.6 is 0 Å². The summed E-state index contributed by atoms with van der Waals surface area (Å²) >= 11 is 0. The lowest BCUT2D eigenvalue weighted by atomic mass is 10.3. The normalized spacial score (nSPS) is 11.2. The standard InChI is InChI=1S/C9H5F3N6O3/c10-9(11,12)7-16-8(18-17-7)15-5(19)3-4(6(20)21)14-2-1-13-3/h1-2H,(H,20,21)(H2,15,16,17,18,19). The fourth-order valence-corrected chi connectivity index (χ4v) is 1.27. The zero-order chi connectivity index (χ0) is 15.6. The Kier molecular flexibility index (Phi) is 3.52. The molecule has 1 amide bonds. The summed E-state index contributed by atoms with van der Waals surface area (Å²) in [6, 6.07) is 0. The highest BCUT2D eigenvalue weighted by atomic mass is 19.4. The van der Waals surface area contributed by atoms with Gasteiger partial charge in [-0.2, -0.15) is 18.2 Å². The molecule has 2 rings (SSSR count). The highest BCUT2D eigenvalue weighted by Crippen LogP contribution is 2.26. The van der Waals surface area contributed by atoms with E-state index < -0.39 is 41.2 Å². The molecule has 0 spiro atoms. The molecule has 12 heteroatoms. The number of amides is 1. The van der Waals surface area contributed by atoms with Gasteiger partial charge in [0.05, 0.1) is 0 Å². The Morgan fingerprint density at radius 3 is 2.33 bits per heavy atom. The van der Waals surface area contributed by atoms with Crippen molar-refractivity contribution in [2.24, 2.45) is 0 Å². The van der Waals surface area contributed by atoms with E-state index in [0.717, 1.165) is 12.4 Å². The summed E-state index contributed by atoms with van der Waals surface area (Å²) in [6.07, 6.45) is -2.65. The summed E-state index contributed by atoms with van der Waals surface area (Å²) in [4.78, 5) is 32.5. The first kappa shape index (κ1) is 14.4. The Morgan fingerprint density at radius 2 is 1.81 bits per heavy atom. The number of hydrogen-bond donors (Lipinski definition) is 3. The summed E-state index contributed by atoms with van der Waals surface area (Å²) in [5.74, 6) is -4.70. The lowest BCUT2D eigenvalue weighted by Crippen LogP contribution is -2.20. The Morgan fingerprint density at radius 1 is 1.19 bits per heavy atom. The molecular weight excluding hydrogens is 297 g/mol. The van der Waals surface area contributed by atoms with Gasteiger partial charge in [-0.05, 0) is 0 Å². The number of alkyl halides is 3. The number of H-pyrrole nitrogens is 1. The Balaban J connectivity index is 2.23. The van der Waals surface area contributed by atoms with Crippen LogP contribution in [0.1, 0.15) is 26.8 Å². The van der Waals surface area contributed by atoms with E-state index >= 15 is 0 Å². The zero-order valence-electron chi connectivity index (χ0n) is 9.84. The smallest absolute Gasteiger partial charge is 0.451 e. The van der Waals surface area contributed by atoms with Crippen molar-refractivity contribution in [1.29, 1.82) is 0 Å². The van der Waals surface area contributed by atoms with Crippen molar-refractivity contribution in [3.8, 4) is 0 Å². The van der Waals surface area contributed by atoms with Crippen LogP contribution in [0.4, 0.5) is 19.1 Å². The second kappa shape index (κ2) is 5.15. The summed E-state index contributed by atoms with van der Waals surface area (Å²) in [7, 11) is 0. The summed E-state index contributed by atoms with van der Waals surface area (Å²) < 4.78 is 36.9. The molecule has 110 valence electrons. The van der Waals surface area contributed by atoms with E-state index in [2.05, 4.69) is 20.1 Å². The SMILES string of the molecule is O=C(O)c1nccnc1C(=O)Nc1n[nH]c(C(F)(F)F)n1. The minimum Gasteiger partial charge on any atom is -0.476 e. The van der Waals surface area contributed by atoms with Crippen LogP contribution in [-0.4, -0.2) is 42.1 Å². The highest BCUT2D eigenvalue weighted by molar-refractivity contribution is 6.07. The zero-order valence-corrected chi connectivity index (χ0v) is 9.84. The fraction of sp³-hybridized carbons (Fsp3) is 0.111. The van der Waals surface area contributed by atoms with Gasteiger partial charge in [0.25, 0.3) is 5.91 Å². The van der Waals surface area contributed by atoms with Crippen molar-refractivity contribution >= 4 is 17.8 Å². The number of anilines is 1. The number of carbonyl (C=O) groups excluding carboxylic acids is 1. The molecule has 0 aliphatic heterocycles. The van der Waals surface area contributed by atoms with Crippen LogP contribution in [0.2, 0.25) is 0 Å². The molecule has 0 bridgehead atoms. The average Bonchev–Trinajstić information content (AvgIpc) is 2.87. The van der Waals surface area contributed by atoms with E-state index in [4.69, 9.17) is 5.11 Å². The van der Waals surface area contributed by atoms with Crippen LogP contribution in [-0.2, 0) is 6.18 Å². The predicted octanol–water partition coefficient (Wildman–Crippen LogP) is 0.564. The number of nitrogens with zero attached hydrogens (tertiary/aromatic N) is 4. The van der Waals surface area contributed by atoms with Crippen molar-refractivity contribution < 1.29 is 27.9 Å². The van der Waals surface area contributed by atoms with Crippen LogP contribution in [0.3, 0.4) is 0 Å².